The fourth-order valence-corrected chi connectivity index (χ4v) is 2.99. The van der Waals surface area contributed by atoms with Crippen LogP contribution in [0, 0.1) is 13.8 Å². The molecule has 0 radical (unpaired) electrons. The Morgan fingerprint density at radius 1 is 1.07 bits per heavy atom. The summed E-state index contributed by atoms with van der Waals surface area (Å²) in [5.41, 5.74) is 3.34. The number of amides is 1. The van der Waals surface area contributed by atoms with Crippen LogP contribution in [0.15, 0.2) is 46.9 Å². The summed E-state index contributed by atoms with van der Waals surface area (Å²) in [6.45, 7) is 3.93. The Hall–Kier alpha value is -1.05. The highest BCUT2D eigenvalue weighted by Crippen LogP contribution is 2.29. The van der Waals surface area contributed by atoms with Crippen LogP contribution in [0.3, 0.4) is 0 Å². The molecular formula is C18H17BrCl3N3OS. The van der Waals surface area contributed by atoms with E-state index in [4.69, 9.17) is 47.0 Å². The first kappa shape index (κ1) is 22.2. The molecule has 0 aliphatic heterocycles. The van der Waals surface area contributed by atoms with Crippen molar-refractivity contribution in [3.8, 4) is 0 Å². The Labute approximate surface area is 187 Å². The molecule has 0 saturated heterocycles. The lowest BCUT2D eigenvalue weighted by Crippen LogP contribution is -2.56. The third-order valence-corrected chi connectivity index (χ3v) is 5.03. The first-order valence-electron chi connectivity index (χ1n) is 7.84. The van der Waals surface area contributed by atoms with Crippen LogP contribution in [0.2, 0.25) is 0 Å². The van der Waals surface area contributed by atoms with Gasteiger partial charge in [0.2, 0.25) is 3.79 Å². The van der Waals surface area contributed by atoms with E-state index in [1.807, 2.05) is 32.0 Å². The lowest BCUT2D eigenvalue weighted by atomic mass is 10.1. The second-order valence-electron chi connectivity index (χ2n) is 5.87. The molecule has 4 nitrogen and oxygen atoms in total. The first-order chi connectivity index (χ1) is 12.6. The average Bonchev–Trinajstić information content (AvgIpc) is 2.57. The van der Waals surface area contributed by atoms with Gasteiger partial charge in [0.05, 0.1) is 0 Å². The molecule has 9 heteroatoms. The highest BCUT2D eigenvalue weighted by Gasteiger charge is 2.35. The summed E-state index contributed by atoms with van der Waals surface area (Å²) in [7, 11) is 0. The van der Waals surface area contributed by atoms with Crippen molar-refractivity contribution in [2.45, 2.75) is 23.8 Å². The van der Waals surface area contributed by atoms with Gasteiger partial charge in [0.25, 0.3) is 5.91 Å². The summed E-state index contributed by atoms with van der Waals surface area (Å²) in [5.74, 6) is -0.402. The van der Waals surface area contributed by atoms with Crippen molar-refractivity contribution < 1.29 is 4.79 Å². The number of nitrogens with one attached hydrogen (secondary N) is 3. The molecule has 0 bridgehead atoms. The van der Waals surface area contributed by atoms with Crippen molar-refractivity contribution in [2.75, 3.05) is 5.32 Å². The van der Waals surface area contributed by atoms with Crippen LogP contribution in [0.4, 0.5) is 5.69 Å². The fourth-order valence-electron chi connectivity index (χ4n) is 2.18. The van der Waals surface area contributed by atoms with E-state index in [-0.39, 0.29) is 5.11 Å². The number of rotatable bonds is 4. The molecule has 0 heterocycles. The number of hydrogen-bond donors (Lipinski definition) is 3. The smallest absolute Gasteiger partial charge is 0.252 e. The standard InChI is InChI=1S/C18H17BrCl3N3OS/c1-10-3-4-11(2)14(9-10)23-17(27)25-16(18(20,21)22)24-15(26)12-5-7-13(19)8-6-12/h3-9,16H,1-2H3,(H,24,26)(H2,23,25,27)/t16-/m0/s1. The van der Waals surface area contributed by atoms with Crippen molar-refractivity contribution in [3.63, 3.8) is 0 Å². The first-order valence-corrected chi connectivity index (χ1v) is 10.2. The zero-order chi connectivity index (χ0) is 20.2. The number of benzene rings is 2. The number of halogens is 4. The monoisotopic (exact) mass is 507 g/mol. The number of thiocarbonyl (C=S) groups is 1. The topological polar surface area (TPSA) is 53.2 Å². The van der Waals surface area contributed by atoms with E-state index in [0.717, 1.165) is 21.3 Å². The van der Waals surface area contributed by atoms with E-state index in [1.54, 1.807) is 24.3 Å². The highest BCUT2D eigenvalue weighted by atomic mass is 79.9. The Morgan fingerprint density at radius 3 is 2.30 bits per heavy atom. The number of alkyl halides is 3. The van der Waals surface area contributed by atoms with Crippen LogP contribution in [0.5, 0.6) is 0 Å². The van der Waals surface area contributed by atoms with E-state index in [1.165, 1.54) is 0 Å². The minimum absolute atomic E-state index is 0.219. The van der Waals surface area contributed by atoms with Crippen molar-refractivity contribution >= 4 is 79.7 Å². The molecule has 0 saturated carbocycles. The molecule has 1 amide bonds. The minimum atomic E-state index is -1.82. The van der Waals surface area contributed by atoms with E-state index in [2.05, 4.69) is 31.9 Å². The van der Waals surface area contributed by atoms with Gasteiger partial charge >= 0.3 is 0 Å². The minimum Gasteiger partial charge on any atom is -0.339 e. The third kappa shape index (κ3) is 6.80. The third-order valence-electron chi connectivity index (χ3n) is 3.63. The van der Waals surface area contributed by atoms with E-state index in [9.17, 15) is 4.79 Å². The fraction of sp³-hybridized carbons (Fsp3) is 0.222. The molecule has 27 heavy (non-hydrogen) atoms. The summed E-state index contributed by atoms with van der Waals surface area (Å²) in [6, 6.07) is 12.7. The van der Waals surface area contributed by atoms with Gasteiger partial charge < -0.3 is 16.0 Å². The van der Waals surface area contributed by atoms with Crippen molar-refractivity contribution in [3.05, 3.63) is 63.6 Å². The van der Waals surface area contributed by atoms with Crippen LogP contribution in [0.1, 0.15) is 21.5 Å². The molecule has 0 fully saturated rings. The molecule has 144 valence electrons. The second-order valence-corrected chi connectivity index (χ2v) is 9.56. The van der Waals surface area contributed by atoms with Gasteiger partial charge in [0.1, 0.15) is 6.17 Å². The quantitative estimate of drug-likeness (QED) is 0.290. The maximum Gasteiger partial charge on any atom is 0.252 e. The zero-order valence-electron chi connectivity index (χ0n) is 14.4. The van der Waals surface area contributed by atoms with Gasteiger partial charge in [-0.2, -0.15) is 0 Å². The van der Waals surface area contributed by atoms with Crippen LogP contribution in [-0.4, -0.2) is 21.0 Å². The van der Waals surface area contributed by atoms with Gasteiger partial charge in [-0.25, -0.2) is 0 Å². The summed E-state index contributed by atoms with van der Waals surface area (Å²) in [6.07, 6.45) is -1.04. The number of carbonyl (C=O) groups is 1. The van der Waals surface area contributed by atoms with Gasteiger partial charge in [0.15, 0.2) is 5.11 Å². The molecular weight excluding hydrogens is 493 g/mol. The van der Waals surface area contributed by atoms with Gasteiger partial charge in [-0.3, -0.25) is 4.79 Å². The Bertz CT molecular complexity index is 841. The molecule has 0 aromatic heterocycles. The predicted molar refractivity (Wildman–Crippen MR) is 121 cm³/mol. The van der Waals surface area contributed by atoms with Gasteiger partial charge in [-0.05, 0) is 67.5 Å². The SMILES string of the molecule is Cc1ccc(C)c(NC(=S)N[C@H](NC(=O)c2ccc(Br)cc2)C(Cl)(Cl)Cl)c1. The maximum atomic E-state index is 12.4. The van der Waals surface area contributed by atoms with E-state index in [0.29, 0.717) is 5.56 Å². The van der Waals surface area contributed by atoms with Gasteiger partial charge in [-0.15, -0.1) is 0 Å². The summed E-state index contributed by atoms with van der Waals surface area (Å²) in [4.78, 5) is 12.4. The summed E-state index contributed by atoms with van der Waals surface area (Å²) >= 11 is 26.7. The molecule has 0 spiro atoms. The van der Waals surface area contributed by atoms with Crippen LogP contribution in [-0.2, 0) is 0 Å². The zero-order valence-corrected chi connectivity index (χ0v) is 19.1. The predicted octanol–water partition coefficient (Wildman–Crippen LogP) is 5.48. The Kier molecular flexibility index (Phi) is 7.77. The lowest BCUT2D eigenvalue weighted by molar-refractivity contribution is 0.0934. The molecule has 2 aromatic carbocycles. The second kappa shape index (κ2) is 9.43. The van der Waals surface area contributed by atoms with Crippen molar-refractivity contribution in [2.24, 2.45) is 0 Å². The van der Waals surface area contributed by atoms with Gasteiger partial charge in [-0.1, -0.05) is 62.9 Å². The Balaban J connectivity index is 2.10. The number of anilines is 1. The lowest BCUT2D eigenvalue weighted by Gasteiger charge is -2.28. The molecule has 2 rings (SSSR count). The van der Waals surface area contributed by atoms with Crippen LogP contribution < -0.4 is 16.0 Å². The maximum absolute atomic E-state index is 12.4. The average molecular weight is 510 g/mol. The molecule has 0 unspecified atom stereocenters. The number of aryl methyl sites for hydroxylation is 2. The molecule has 0 aliphatic carbocycles. The van der Waals surface area contributed by atoms with E-state index >= 15 is 0 Å². The van der Waals surface area contributed by atoms with Gasteiger partial charge in [0, 0.05) is 15.7 Å². The van der Waals surface area contributed by atoms with E-state index < -0.39 is 15.9 Å². The van der Waals surface area contributed by atoms with Crippen LogP contribution >= 0.6 is 63.0 Å². The molecule has 0 aliphatic rings. The Morgan fingerprint density at radius 2 is 1.70 bits per heavy atom. The number of carbonyl (C=O) groups excluding carboxylic acids is 1. The highest BCUT2D eigenvalue weighted by molar-refractivity contribution is 9.10. The molecule has 2 aromatic rings. The van der Waals surface area contributed by atoms with Crippen molar-refractivity contribution in [1.29, 1.82) is 0 Å². The molecule has 1 atom stereocenters. The number of hydrogen-bond acceptors (Lipinski definition) is 2. The normalized spacial score (nSPS) is 12.2. The summed E-state index contributed by atoms with van der Waals surface area (Å²) in [5, 5.41) is 8.77. The summed E-state index contributed by atoms with van der Waals surface area (Å²) < 4.78 is -0.965. The largest absolute Gasteiger partial charge is 0.339 e. The van der Waals surface area contributed by atoms with Crippen molar-refractivity contribution in [1.82, 2.24) is 10.6 Å². The molecule has 3 N–H and O–H groups in total. The van der Waals surface area contributed by atoms with Crippen LogP contribution in [0.25, 0.3) is 0 Å².